The molecule has 0 aliphatic heterocycles. The van der Waals surface area contributed by atoms with Gasteiger partial charge in [0, 0.05) is 10.4 Å². The van der Waals surface area contributed by atoms with Gasteiger partial charge in [0.1, 0.15) is 5.75 Å². The second kappa shape index (κ2) is 6.52. The predicted octanol–water partition coefficient (Wildman–Crippen LogP) is 3.40. The number of aromatic nitrogens is 1. The summed E-state index contributed by atoms with van der Waals surface area (Å²) in [7, 11) is 0. The van der Waals surface area contributed by atoms with Gasteiger partial charge in [0.15, 0.2) is 0 Å². The quantitative estimate of drug-likeness (QED) is 0.886. The molecule has 0 aliphatic carbocycles. The van der Waals surface area contributed by atoms with E-state index in [-0.39, 0.29) is 6.42 Å². The lowest BCUT2D eigenvalue weighted by atomic mass is 10.1. The van der Waals surface area contributed by atoms with Crippen LogP contribution in [0.15, 0.2) is 24.3 Å². The number of nitrogens with zero attached hydrogens (tertiary/aromatic N) is 1. The zero-order chi connectivity index (χ0) is 14.5. The molecule has 4 nitrogen and oxygen atoms in total. The van der Waals surface area contributed by atoms with Crippen LogP contribution in [0.5, 0.6) is 5.75 Å². The smallest absolute Gasteiger partial charge is 0.308 e. The average Bonchev–Trinajstić information content (AvgIpc) is 2.82. The van der Waals surface area contributed by atoms with E-state index < -0.39 is 5.97 Å². The number of carboxylic acid groups (broad SMARTS) is 1. The number of carboxylic acids is 1. The molecule has 2 rings (SSSR count). The number of carbonyl (C=O) groups is 1. The third kappa shape index (κ3) is 3.36. The van der Waals surface area contributed by atoms with Crippen molar-refractivity contribution in [2.24, 2.45) is 0 Å². The first-order valence-electron chi connectivity index (χ1n) is 6.57. The molecule has 1 aromatic carbocycles. The highest BCUT2D eigenvalue weighted by atomic mass is 32.1. The Morgan fingerprint density at radius 1 is 1.30 bits per heavy atom. The fraction of sp³-hybridized carbons (Fsp3) is 0.333. The Hall–Kier alpha value is -1.88. The lowest BCUT2D eigenvalue weighted by Gasteiger charge is -2.04. The lowest BCUT2D eigenvalue weighted by molar-refractivity contribution is -0.136. The largest absolute Gasteiger partial charge is 0.494 e. The van der Waals surface area contributed by atoms with E-state index in [9.17, 15) is 4.79 Å². The number of benzene rings is 1. The van der Waals surface area contributed by atoms with E-state index in [1.54, 1.807) is 0 Å². The zero-order valence-corrected chi connectivity index (χ0v) is 12.4. The van der Waals surface area contributed by atoms with Crippen molar-refractivity contribution in [1.82, 2.24) is 4.98 Å². The third-order valence-electron chi connectivity index (χ3n) is 2.79. The van der Waals surface area contributed by atoms with Crippen LogP contribution in [0.1, 0.15) is 23.7 Å². The van der Waals surface area contributed by atoms with Crippen molar-refractivity contribution in [3.63, 3.8) is 0 Å². The highest BCUT2D eigenvalue weighted by Gasteiger charge is 2.15. The molecule has 1 aromatic heterocycles. The van der Waals surface area contributed by atoms with Crippen LogP contribution in [-0.4, -0.2) is 22.7 Å². The first kappa shape index (κ1) is 14.5. The van der Waals surface area contributed by atoms with Crippen molar-refractivity contribution in [3.05, 3.63) is 34.2 Å². The Bertz CT molecular complexity index is 590. The van der Waals surface area contributed by atoms with Gasteiger partial charge in [-0.15, -0.1) is 11.3 Å². The van der Waals surface area contributed by atoms with Gasteiger partial charge < -0.3 is 9.84 Å². The minimum absolute atomic E-state index is 0.0141. The third-order valence-corrected chi connectivity index (χ3v) is 3.99. The number of aliphatic carboxylic acids is 1. The van der Waals surface area contributed by atoms with Crippen LogP contribution in [0, 0.1) is 0 Å². The minimum atomic E-state index is -0.830. The Balaban J connectivity index is 2.34. The fourth-order valence-electron chi connectivity index (χ4n) is 1.91. The summed E-state index contributed by atoms with van der Waals surface area (Å²) in [4.78, 5) is 16.3. The van der Waals surface area contributed by atoms with Gasteiger partial charge in [-0.3, -0.25) is 4.79 Å². The van der Waals surface area contributed by atoms with E-state index in [0.717, 1.165) is 33.3 Å². The lowest BCUT2D eigenvalue weighted by Crippen LogP contribution is -1.99. The minimum Gasteiger partial charge on any atom is -0.494 e. The molecular weight excluding hydrogens is 274 g/mol. The number of hydrogen-bond acceptors (Lipinski definition) is 4. The molecule has 20 heavy (non-hydrogen) atoms. The number of hydrogen-bond donors (Lipinski definition) is 1. The number of ether oxygens (including phenoxy) is 1. The molecule has 1 heterocycles. The summed E-state index contributed by atoms with van der Waals surface area (Å²) in [5.41, 5.74) is 1.71. The average molecular weight is 291 g/mol. The van der Waals surface area contributed by atoms with Crippen molar-refractivity contribution in [1.29, 1.82) is 0 Å². The Kier molecular flexibility index (Phi) is 4.74. The Labute approximate surface area is 122 Å². The van der Waals surface area contributed by atoms with Crippen molar-refractivity contribution < 1.29 is 14.6 Å². The second-order valence-electron chi connectivity index (χ2n) is 4.26. The molecule has 5 heteroatoms. The van der Waals surface area contributed by atoms with E-state index in [2.05, 4.69) is 4.98 Å². The standard InChI is InChI=1S/C15H17NO3S/c1-3-13-16-15(12(20-13)9-14(17)18)10-5-7-11(8-6-10)19-4-2/h5-8H,3-4,9H2,1-2H3,(H,17,18). The summed E-state index contributed by atoms with van der Waals surface area (Å²) in [5.74, 6) is -0.0227. The van der Waals surface area contributed by atoms with Gasteiger partial charge in [-0.1, -0.05) is 6.92 Å². The molecule has 0 amide bonds. The first-order chi connectivity index (χ1) is 9.63. The topological polar surface area (TPSA) is 59.4 Å². The molecule has 0 fully saturated rings. The highest BCUT2D eigenvalue weighted by Crippen LogP contribution is 2.30. The summed E-state index contributed by atoms with van der Waals surface area (Å²) < 4.78 is 5.41. The summed E-state index contributed by atoms with van der Waals surface area (Å²) in [5, 5.41) is 9.96. The SMILES string of the molecule is CCOc1ccc(-c2nc(CC)sc2CC(=O)O)cc1. The summed E-state index contributed by atoms with van der Waals surface area (Å²) in [6.45, 7) is 4.58. The van der Waals surface area contributed by atoms with Gasteiger partial charge in [0.2, 0.25) is 0 Å². The van der Waals surface area contributed by atoms with Crippen molar-refractivity contribution in [2.75, 3.05) is 6.61 Å². The monoisotopic (exact) mass is 291 g/mol. The highest BCUT2D eigenvalue weighted by molar-refractivity contribution is 7.12. The summed E-state index contributed by atoms with van der Waals surface area (Å²) >= 11 is 1.47. The Morgan fingerprint density at radius 3 is 2.55 bits per heavy atom. The van der Waals surface area contributed by atoms with Gasteiger partial charge in [-0.05, 0) is 37.6 Å². The van der Waals surface area contributed by atoms with Crippen molar-refractivity contribution in [2.45, 2.75) is 26.7 Å². The second-order valence-corrected chi connectivity index (χ2v) is 5.43. The molecule has 1 N–H and O–H groups in total. The van der Waals surface area contributed by atoms with Gasteiger partial charge in [0.05, 0.1) is 23.7 Å². The van der Waals surface area contributed by atoms with E-state index in [1.807, 2.05) is 38.1 Å². The van der Waals surface area contributed by atoms with Gasteiger partial charge in [-0.25, -0.2) is 4.98 Å². The summed E-state index contributed by atoms with van der Waals surface area (Å²) in [6, 6.07) is 7.61. The van der Waals surface area contributed by atoms with E-state index in [1.165, 1.54) is 11.3 Å². The Morgan fingerprint density at radius 2 is 2.00 bits per heavy atom. The number of rotatable bonds is 6. The molecule has 0 unspecified atom stereocenters. The van der Waals surface area contributed by atoms with Crippen molar-refractivity contribution >= 4 is 17.3 Å². The molecule has 0 atom stereocenters. The molecule has 2 aromatic rings. The van der Waals surface area contributed by atoms with E-state index in [4.69, 9.17) is 9.84 Å². The van der Waals surface area contributed by atoms with Crippen LogP contribution in [0.25, 0.3) is 11.3 Å². The van der Waals surface area contributed by atoms with Crippen LogP contribution < -0.4 is 4.74 Å². The van der Waals surface area contributed by atoms with Gasteiger partial charge >= 0.3 is 5.97 Å². The molecular formula is C15H17NO3S. The van der Waals surface area contributed by atoms with Crippen LogP contribution >= 0.6 is 11.3 Å². The number of aryl methyl sites for hydroxylation is 1. The van der Waals surface area contributed by atoms with Crippen LogP contribution in [-0.2, 0) is 17.6 Å². The maximum Gasteiger partial charge on any atom is 0.308 e. The molecule has 0 aliphatic rings. The summed E-state index contributed by atoms with van der Waals surface area (Å²) in [6.07, 6.45) is 0.828. The van der Waals surface area contributed by atoms with Gasteiger partial charge in [0.25, 0.3) is 0 Å². The predicted molar refractivity (Wildman–Crippen MR) is 79.4 cm³/mol. The van der Waals surface area contributed by atoms with E-state index >= 15 is 0 Å². The number of thiazole rings is 1. The first-order valence-corrected chi connectivity index (χ1v) is 7.39. The van der Waals surface area contributed by atoms with Crippen LogP contribution in [0.2, 0.25) is 0 Å². The maximum absolute atomic E-state index is 10.9. The van der Waals surface area contributed by atoms with Gasteiger partial charge in [-0.2, -0.15) is 0 Å². The molecule has 106 valence electrons. The zero-order valence-electron chi connectivity index (χ0n) is 11.5. The van der Waals surface area contributed by atoms with Crippen molar-refractivity contribution in [3.8, 4) is 17.0 Å². The maximum atomic E-state index is 10.9. The van der Waals surface area contributed by atoms with Crippen LogP contribution in [0.3, 0.4) is 0 Å². The van der Waals surface area contributed by atoms with Crippen LogP contribution in [0.4, 0.5) is 0 Å². The molecule has 0 saturated heterocycles. The molecule has 0 saturated carbocycles. The molecule has 0 spiro atoms. The molecule has 0 radical (unpaired) electrons. The normalized spacial score (nSPS) is 10.5. The van der Waals surface area contributed by atoms with E-state index in [0.29, 0.717) is 6.61 Å². The fourth-order valence-corrected chi connectivity index (χ4v) is 2.93. The molecule has 0 bridgehead atoms.